The Morgan fingerprint density at radius 2 is 1.76 bits per heavy atom. The molecule has 0 aromatic heterocycles. The first kappa shape index (κ1) is 18.9. The highest BCUT2D eigenvalue weighted by molar-refractivity contribution is 6.31. The van der Waals surface area contributed by atoms with Gasteiger partial charge < -0.3 is 9.47 Å². The van der Waals surface area contributed by atoms with Gasteiger partial charge in [0.25, 0.3) is 0 Å². The van der Waals surface area contributed by atoms with Gasteiger partial charge in [-0.1, -0.05) is 29.8 Å². The highest BCUT2D eigenvalue weighted by atomic mass is 35.5. The maximum Gasteiger partial charge on any atom is 0.336 e. The maximum atomic E-state index is 12.4. The quantitative estimate of drug-likeness (QED) is 0.768. The average molecular weight is 364 g/mol. The van der Waals surface area contributed by atoms with Crippen molar-refractivity contribution in [3.63, 3.8) is 0 Å². The normalized spacial score (nSPS) is 20.0. The van der Waals surface area contributed by atoms with Crippen molar-refractivity contribution in [3.8, 4) is 0 Å². The fourth-order valence-electron chi connectivity index (χ4n) is 2.96. The highest BCUT2D eigenvalue weighted by Gasteiger charge is 2.44. The van der Waals surface area contributed by atoms with E-state index in [1.807, 2.05) is 0 Å². The van der Waals surface area contributed by atoms with E-state index in [4.69, 9.17) is 21.1 Å². The lowest BCUT2D eigenvalue weighted by atomic mass is 9.75. The number of allylic oxidation sites excluding steroid dienone is 1. The van der Waals surface area contributed by atoms with E-state index < -0.39 is 29.6 Å². The predicted octanol–water partition coefficient (Wildman–Crippen LogP) is 2.70. The van der Waals surface area contributed by atoms with Gasteiger partial charge in [0, 0.05) is 23.6 Å². The van der Waals surface area contributed by atoms with E-state index in [-0.39, 0.29) is 11.3 Å². The van der Waals surface area contributed by atoms with Crippen LogP contribution in [-0.4, -0.2) is 37.7 Å². The largest absolute Gasteiger partial charge is 0.468 e. The number of Topliss-reactive ketones (excluding diaryl/α,β-unsaturated/α-hetero) is 1. The van der Waals surface area contributed by atoms with Crippen molar-refractivity contribution in [2.24, 2.45) is 10.9 Å². The first-order valence-corrected chi connectivity index (χ1v) is 7.92. The Labute approximate surface area is 150 Å². The molecular weight excluding hydrogens is 346 g/mol. The lowest BCUT2D eigenvalue weighted by Crippen LogP contribution is -2.37. The fourth-order valence-corrected chi connectivity index (χ4v) is 3.21. The van der Waals surface area contributed by atoms with Crippen LogP contribution in [0, 0.1) is 5.92 Å². The number of nitrogens with zero attached hydrogens (tertiary/aromatic N) is 1. The highest BCUT2D eigenvalue weighted by Crippen LogP contribution is 2.42. The third kappa shape index (κ3) is 3.49. The molecule has 0 fully saturated rings. The molecule has 0 bridgehead atoms. The zero-order chi connectivity index (χ0) is 18.7. The van der Waals surface area contributed by atoms with Gasteiger partial charge in [0.2, 0.25) is 0 Å². The molecule has 25 heavy (non-hydrogen) atoms. The fraction of sp³-hybridized carbons (Fsp3) is 0.333. The van der Waals surface area contributed by atoms with E-state index in [0.717, 1.165) is 0 Å². The lowest BCUT2D eigenvalue weighted by Gasteiger charge is -2.31. The number of ketones is 1. The van der Waals surface area contributed by atoms with Crippen LogP contribution in [0.4, 0.5) is 0 Å². The number of hydrogen-bond acceptors (Lipinski definition) is 6. The van der Waals surface area contributed by atoms with Crippen LogP contribution in [0.25, 0.3) is 0 Å². The number of halogens is 1. The number of aliphatic imine (C=N–C) groups is 1. The molecule has 6 nitrogen and oxygen atoms in total. The molecule has 0 saturated carbocycles. The van der Waals surface area contributed by atoms with Crippen LogP contribution < -0.4 is 0 Å². The molecule has 1 heterocycles. The van der Waals surface area contributed by atoms with E-state index in [1.165, 1.54) is 21.1 Å². The van der Waals surface area contributed by atoms with Crippen LogP contribution in [0.15, 0.2) is 40.5 Å². The van der Waals surface area contributed by atoms with E-state index in [2.05, 4.69) is 4.99 Å². The molecular formula is C18H18ClNO5. The Balaban J connectivity index is 2.82. The third-order valence-corrected chi connectivity index (χ3v) is 4.42. The van der Waals surface area contributed by atoms with Gasteiger partial charge in [-0.25, -0.2) is 4.79 Å². The van der Waals surface area contributed by atoms with Gasteiger partial charge in [0.05, 0.1) is 19.8 Å². The zero-order valence-electron chi connectivity index (χ0n) is 14.3. The molecule has 7 heteroatoms. The summed E-state index contributed by atoms with van der Waals surface area (Å²) in [6.07, 6.45) is 0. The van der Waals surface area contributed by atoms with Crippen molar-refractivity contribution >= 4 is 35.0 Å². The summed E-state index contributed by atoms with van der Waals surface area (Å²) >= 11 is 6.31. The minimum absolute atomic E-state index is 0.00380. The predicted molar refractivity (Wildman–Crippen MR) is 92.5 cm³/mol. The standard InChI is InChI=1S/C18H18ClNO5/c1-9-13(17(22)24-3)14(11-7-5-6-8-12(11)19)15(18(23)25-4)16(20-9)10(2)21/h5-8,13-14H,1-4H3. The second-order valence-corrected chi connectivity index (χ2v) is 5.97. The first-order chi connectivity index (χ1) is 11.8. The Kier molecular flexibility index (Phi) is 5.74. The summed E-state index contributed by atoms with van der Waals surface area (Å²) < 4.78 is 9.73. The first-order valence-electron chi connectivity index (χ1n) is 7.54. The van der Waals surface area contributed by atoms with Gasteiger partial charge >= 0.3 is 11.9 Å². The number of benzene rings is 1. The second kappa shape index (κ2) is 7.61. The second-order valence-electron chi connectivity index (χ2n) is 5.56. The van der Waals surface area contributed by atoms with Gasteiger partial charge in [-0.05, 0) is 18.6 Å². The number of hydrogen-bond donors (Lipinski definition) is 0. The SMILES string of the molecule is COC(=O)C1=C(C(C)=O)N=C(C)C(C(=O)OC)C1c1ccccc1Cl. The van der Waals surface area contributed by atoms with Crippen molar-refractivity contribution in [2.75, 3.05) is 14.2 Å². The molecule has 1 aromatic rings. The Bertz CT molecular complexity index is 796. The molecule has 1 aromatic carbocycles. The van der Waals surface area contributed by atoms with Crippen LogP contribution in [0.2, 0.25) is 5.02 Å². The minimum atomic E-state index is -0.887. The zero-order valence-corrected chi connectivity index (χ0v) is 15.1. The minimum Gasteiger partial charge on any atom is -0.468 e. The third-order valence-electron chi connectivity index (χ3n) is 4.07. The average Bonchev–Trinajstić information content (AvgIpc) is 2.59. The molecule has 0 N–H and O–H groups in total. The van der Waals surface area contributed by atoms with Crippen molar-refractivity contribution in [1.29, 1.82) is 0 Å². The van der Waals surface area contributed by atoms with Crippen molar-refractivity contribution in [3.05, 3.63) is 46.1 Å². The summed E-state index contributed by atoms with van der Waals surface area (Å²) in [5, 5.41) is 0.361. The van der Waals surface area contributed by atoms with Gasteiger partial charge in [-0.3, -0.25) is 14.6 Å². The van der Waals surface area contributed by atoms with Crippen molar-refractivity contribution in [2.45, 2.75) is 19.8 Å². The van der Waals surface area contributed by atoms with Gasteiger partial charge in [0.1, 0.15) is 11.6 Å². The Morgan fingerprint density at radius 3 is 2.28 bits per heavy atom. The number of methoxy groups -OCH3 is 2. The summed E-state index contributed by atoms with van der Waals surface area (Å²) in [7, 11) is 2.45. The topological polar surface area (TPSA) is 82.0 Å². The van der Waals surface area contributed by atoms with E-state index in [9.17, 15) is 14.4 Å². The summed E-state index contributed by atoms with van der Waals surface area (Å²) in [6, 6.07) is 6.81. The molecule has 0 amide bonds. The van der Waals surface area contributed by atoms with E-state index >= 15 is 0 Å². The molecule has 0 aliphatic carbocycles. The number of esters is 2. The van der Waals surface area contributed by atoms with Crippen LogP contribution in [0.5, 0.6) is 0 Å². The van der Waals surface area contributed by atoms with Crippen molar-refractivity contribution in [1.82, 2.24) is 0 Å². The molecule has 1 aliphatic rings. The number of ether oxygens (including phenoxy) is 2. The van der Waals surface area contributed by atoms with Gasteiger partial charge in [-0.15, -0.1) is 0 Å². The summed E-state index contributed by atoms with van der Waals surface area (Å²) in [5.41, 5.74) is 0.862. The Morgan fingerprint density at radius 1 is 1.12 bits per heavy atom. The number of carbonyl (C=O) groups is 3. The molecule has 2 atom stereocenters. The van der Waals surface area contributed by atoms with Crippen LogP contribution in [0.1, 0.15) is 25.3 Å². The smallest absolute Gasteiger partial charge is 0.336 e. The van der Waals surface area contributed by atoms with Crippen LogP contribution in [0.3, 0.4) is 0 Å². The summed E-state index contributed by atoms with van der Waals surface area (Å²) in [4.78, 5) is 41.1. The van der Waals surface area contributed by atoms with Gasteiger partial charge in [0.15, 0.2) is 5.78 Å². The van der Waals surface area contributed by atoms with E-state index in [1.54, 1.807) is 31.2 Å². The molecule has 132 valence electrons. The van der Waals surface area contributed by atoms with Crippen LogP contribution >= 0.6 is 11.6 Å². The van der Waals surface area contributed by atoms with Crippen molar-refractivity contribution < 1.29 is 23.9 Å². The van der Waals surface area contributed by atoms with Crippen LogP contribution in [-0.2, 0) is 23.9 Å². The van der Waals surface area contributed by atoms with E-state index in [0.29, 0.717) is 16.3 Å². The lowest BCUT2D eigenvalue weighted by molar-refractivity contribution is -0.144. The monoisotopic (exact) mass is 363 g/mol. The molecule has 0 radical (unpaired) electrons. The van der Waals surface area contributed by atoms with Gasteiger partial charge in [-0.2, -0.15) is 0 Å². The molecule has 1 aliphatic heterocycles. The molecule has 0 saturated heterocycles. The Hall–Kier alpha value is -2.47. The summed E-state index contributed by atoms with van der Waals surface area (Å²) in [5.74, 6) is -3.43. The number of carbonyl (C=O) groups excluding carboxylic acids is 3. The molecule has 0 spiro atoms. The number of rotatable bonds is 4. The molecule has 2 unspecified atom stereocenters. The maximum absolute atomic E-state index is 12.4. The summed E-state index contributed by atoms with van der Waals surface area (Å²) in [6.45, 7) is 2.92. The molecule has 2 rings (SSSR count).